The lowest BCUT2D eigenvalue weighted by Crippen LogP contribution is -2.63. The first-order valence-corrected chi connectivity index (χ1v) is 15.2. The minimum Gasteiger partial charge on any atom is -0.475 e. The van der Waals surface area contributed by atoms with Crippen LogP contribution in [0.1, 0.15) is 24.8 Å². The average Bonchev–Trinajstić information content (AvgIpc) is 3.58. The molecule has 3 atom stereocenters. The first kappa shape index (κ1) is 29.4. The van der Waals surface area contributed by atoms with Crippen molar-refractivity contribution in [2.45, 2.75) is 37.4 Å². The zero-order valence-corrected chi connectivity index (χ0v) is 25.3. The molecule has 3 fully saturated rings. The molecule has 0 bridgehead atoms. The number of ether oxygens (including phenoxy) is 1. The van der Waals surface area contributed by atoms with E-state index in [0.29, 0.717) is 59.0 Å². The van der Waals surface area contributed by atoms with Crippen molar-refractivity contribution in [3.05, 3.63) is 77.1 Å². The number of likely N-dealkylation sites (tertiary alicyclic amines) is 2. The molecule has 0 spiro atoms. The quantitative estimate of drug-likeness (QED) is 0.223. The van der Waals surface area contributed by atoms with E-state index >= 15 is 4.39 Å². The number of nitrogens with zero attached hydrogens (tertiary/aromatic N) is 5. The third kappa shape index (κ3) is 4.77. The number of likely N-dealkylation sites (N-methyl/N-ethyl adjacent to an activating group) is 1. The van der Waals surface area contributed by atoms with Gasteiger partial charge in [-0.1, -0.05) is 42.4 Å². The highest BCUT2D eigenvalue weighted by Gasteiger charge is 2.50. The molecule has 1 aromatic heterocycles. The number of fused-ring (bicyclic) bond motifs is 3. The molecule has 7 nitrogen and oxygen atoms in total. The zero-order chi connectivity index (χ0) is 31.6. The molecule has 4 aromatic rings. The number of carbonyl (C=O) groups is 1. The molecule has 0 unspecified atom stereocenters. The van der Waals surface area contributed by atoms with Crippen molar-refractivity contribution < 1.29 is 22.7 Å². The smallest absolute Gasteiger partial charge is 0.282 e. The summed E-state index contributed by atoms with van der Waals surface area (Å²) in [4.78, 5) is 22.8. The van der Waals surface area contributed by atoms with E-state index in [0.717, 1.165) is 19.4 Å². The zero-order valence-electron chi connectivity index (χ0n) is 24.5. The van der Waals surface area contributed by atoms with Gasteiger partial charge in [-0.15, -0.1) is 0 Å². The maximum atomic E-state index is 16.2. The highest BCUT2D eigenvalue weighted by molar-refractivity contribution is 6.37. The van der Waals surface area contributed by atoms with Crippen molar-refractivity contribution in [3.8, 4) is 23.1 Å². The van der Waals surface area contributed by atoms with E-state index in [2.05, 4.69) is 17.5 Å². The number of aromatic nitrogens is 1. The van der Waals surface area contributed by atoms with Gasteiger partial charge < -0.3 is 19.4 Å². The molecular weight excluding hydrogens is 603 g/mol. The summed E-state index contributed by atoms with van der Waals surface area (Å²) in [5.74, 6) is -2.84. The first-order chi connectivity index (χ1) is 21.7. The van der Waals surface area contributed by atoms with Gasteiger partial charge in [-0.2, -0.15) is 5.26 Å². The molecule has 45 heavy (non-hydrogen) atoms. The Morgan fingerprint density at radius 3 is 2.69 bits per heavy atom. The summed E-state index contributed by atoms with van der Waals surface area (Å²) in [7, 11) is 2.03. The molecule has 11 heteroatoms. The van der Waals surface area contributed by atoms with Gasteiger partial charge in [-0.25, -0.2) is 18.2 Å². The van der Waals surface area contributed by atoms with Crippen molar-refractivity contribution >= 4 is 44.9 Å². The van der Waals surface area contributed by atoms with Gasteiger partial charge in [-0.3, -0.25) is 4.79 Å². The van der Waals surface area contributed by atoms with Crippen LogP contribution in [0.4, 0.5) is 18.9 Å². The molecule has 0 aliphatic carbocycles. The molecule has 3 aromatic carbocycles. The Balaban J connectivity index is 1.38. The summed E-state index contributed by atoms with van der Waals surface area (Å²) in [5, 5.41) is 11.7. The number of carbonyl (C=O) groups excluding carboxylic acids is 1. The fraction of sp³-hybridized carbons (Fsp3) is 0.324. The summed E-state index contributed by atoms with van der Waals surface area (Å²) >= 11 is 6.39. The lowest BCUT2D eigenvalue weighted by Gasteiger charge is -2.48. The number of amides is 1. The van der Waals surface area contributed by atoms with E-state index < -0.39 is 23.4 Å². The van der Waals surface area contributed by atoms with Gasteiger partial charge in [0.2, 0.25) is 5.88 Å². The lowest BCUT2D eigenvalue weighted by atomic mass is 9.92. The molecule has 7 rings (SSSR count). The second-order valence-corrected chi connectivity index (χ2v) is 12.3. The first-order valence-electron chi connectivity index (χ1n) is 14.9. The van der Waals surface area contributed by atoms with Gasteiger partial charge in [0.25, 0.3) is 5.91 Å². The minimum absolute atomic E-state index is 0.108. The standard InChI is InChI=1S/C34H29ClF3N5O2/c1-18(36)34(44)42-12-10-28-29(42)16-43(28)32-23-13-26(38)22(21-7-3-5-19-8-9-25(37)31(35)30(19)21)14-27(23)40-33(24(32)15-39)45-17-20-6-4-11-41(20)2/h3,5,7-9,13-14,20,28-29H,1,4,6,10-12,16-17H2,2H3/t20-,28+,29+/m0/s1. The van der Waals surface area contributed by atoms with Crippen molar-refractivity contribution in [2.24, 2.45) is 0 Å². The van der Waals surface area contributed by atoms with Crippen LogP contribution >= 0.6 is 11.6 Å². The van der Waals surface area contributed by atoms with Gasteiger partial charge >= 0.3 is 0 Å². The number of halogens is 4. The van der Waals surface area contributed by atoms with Crippen molar-refractivity contribution in [2.75, 3.05) is 38.2 Å². The molecule has 3 saturated heterocycles. The molecule has 1 amide bonds. The monoisotopic (exact) mass is 631 g/mol. The summed E-state index contributed by atoms with van der Waals surface area (Å²) in [6.07, 6.45) is 2.54. The summed E-state index contributed by atoms with van der Waals surface area (Å²) in [6, 6.07) is 12.9. The van der Waals surface area contributed by atoms with Crippen molar-refractivity contribution in [3.63, 3.8) is 0 Å². The Hall–Kier alpha value is -4.33. The molecule has 0 saturated carbocycles. The van der Waals surface area contributed by atoms with E-state index in [1.165, 1.54) is 17.0 Å². The van der Waals surface area contributed by atoms with Gasteiger partial charge in [0.1, 0.15) is 29.9 Å². The largest absolute Gasteiger partial charge is 0.475 e. The number of pyridine rings is 1. The number of rotatable bonds is 6. The van der Waals surface area contributed by atoms with Crippen LogP contribution in [-0.4, -0.2) is 72.1 Å². The highest BCUT2D eigenvalue weighted by Crippen LogP contribution is 2.46. The van der Waals surface area contributed by atoms with E-state index in [-0.39, 0.29) is 40.2 Å². The minimum atomic E-state index is -1.02. The van der Waals surface area contributed by atoms with E-state index in [1.54, 1.807) is 30.3 Å². The van der Waals surface area contributed by atoms with Crippen molar-refractivity contribution in [1.29, 1.82) is 5.26 Å². The molecule has 0 radical (unpaired) electrons. The molecule has 4 heterocycles. The van der Waals surface area contributed by atoms with Crippen LogP contribution in [0.25, 0.3) is 32.8 Å². The third-order valence-corrected chi connectivity index (χ3v) is 9.88. The molecule has 0 N–H and O–H groups in total. The number of hydrogen-bond acceptors (Lipinski definition) is 6. The number of benzene rings is 3. The van der Waals surface area contributed by atoms with Gasteiger partial charge in [-0.05, 0) is 62.0 Å². The molecule has 3 aliphatic heterocycles. The highest BCUT2D eigenvalue weighted by atomic mass is 35.5. The van der Waals surface area contributed by atoms with Gasteiger partial charge in [0.05, 0.1) is 28.3 Å². The Morgan fingerprint density at radius 1 is 1.13 bits per heavy atom. The predicted molar refractivity (Wildman–Crippen MR) is 167 cm³/mol. The van der Waals surface area contributed by atoms with E-state index in [9.17, 15) is 18.8 Å². The summed E-state index contributed by atoms with van der Waals surface area (Å²) in [5.41, 5.74) is 1.58. The molecule has 3 aliphatic rings. The van der Waals surface area contributed by atoms with Gasteiger partial charge in [0, 0.05) is 35.5 Å². The van der Waals surface area contributed by atoms with Crippen LogP contribution in [0.5, 0.6) is 5.88 Å². The Bertz CT molecular complexity index is 1950. The van der Waals surface area contributed by atoms with Crippen molar-refractivity contribution in [1.82, 2.24) is 14.8 Å². The predicted octanol–water partition coefficient (Wildman–Crippen LogP) is 6.60. The Kier molecular flexibility index (Phi) is 7.34. The fourth-order valence-electron chi connectivity index (χ4n) is 7.14. The van der Waals surface area contributed by atoms with Crippen LogP contribution < -0.4 is 9.64 Å². The van der Waals surface area contributed by atoms with Crippen LogP contribution in [0.3, 0.4) is 0 Å². The number of nitriles is 1. The van der Waals surface area contributed by atoms with E-state index in [4.69, 9.17) is 21.3 Å². The Morgan fingerprint density at radius 2 is 1.96 bits per heavy atom. The van der Waals surface area contributed by atoms with Crippen LogP contribution in [0.2, 0.25) is 5.02 Å². The number of anilines is 1. The fourth-order valence-corrected chi connectivity index (χ4v) is 7.41. The van der Waals surface area contributed by atoms with E-state index in [1.807, 2.05) is 11.9 Å². The lowest BCUT2D eigenvalue weighted by molar-refractivity contribution is -0.130. The average molecular weight is 632 g/mol. The second-order valence-electron chi connectivity index (χ2n) is 11.9. The maximum Gasteiger partial charge on any atom is 0.282 e. The van der Waals surface area contributed by atoms with Crippen LogP contribution in [-0.2, 0) is 4.79 Å². The van der Waals surface area contributed by atoms with Crippen LogP contribution in [0.15, 0.2) is 54.9 Å². The molecular formula is C34H29ClF3N5O2. The summed E-state index contributed by atoms with van der Waals surface area (Å²) in [6.45, 7) is 5.09. The second kappa shape index (κ2) is 11.2. The maximum absolute atomic E-state index is 16.2. The topological polar surface area (TPSA) is 72.7 Å². The molecule has 230 valence electrons. The third-order valence-electron chi connectivity index (χ3n) is 9.51. The SMILES string of the molecule is C=C(F)C(=O)N1CC[C@@H]2[C@H]1CN2c1c(C#N)c(OC[C@@H]2CCCN2C)nc2cc(-c3cccc4ccc(F)c(Cl)c34)c(F)cc12. The summed E-state index contributed by atoms with van der Waals surface area (Å²) < 4.78 is 50.7. The van der Waals surface area contributed by atoms with Gasteiger partial charge in [0.15, 0.2) is 5.83 Å². The Labute approximate surface area is 263 Å². The normalized spacial score (nSPS) is 21.2. The number of hydrogen-bond donors (Lipinski definition) is 0. The van der Waals surface area contributed by atoms with Crippen LogP contribution in [0, 0.1) is 23.0 Å².